The number of aliphatic hydroxyl groups is 1. The van der Waals surface area contributed by atoms with Crippen LogP contribution < -0.4 is 9.47 Å². The van der Waals surface area contributed by atoms with Crippen molar-refractivity contribution in [2.45, 2.75) is 39.0 Å². The number of rotatable bonds is 9. The van der Waals surface area contributed by atoms with Gasteiger partial charge in [-0.1, -0.05) is 56.3 Å². The number of imidazole rings is 1. The van der Waals surface area contributed by atoms with Crippen molar-refractivity contribution in [2.24, 2.45) is 0 Å². The van der Waals surface area contributed by atoms with E-state index in [4.69, 9.17) is 14.5 Å². The Morgan fingerprint density at radius 3 is 2.26 bits per heavy atom. The topological polar surface area (TPSA) is 56.5 Å². The molecule has 0 aliphatic rings. The van der Waals surface area contributed by atoms with E-state index in [-0.39, 0.29) is 6.61 Å². The quantitative estimate of drug-likeness (QED) is 0.409. The monoisotopic (exact) mass is 416 g/mol. The average Bonchev–Trinajstić information content (AvgIpc) is 3.14. The first kappa shape index (κ1) is 20.9. The number of para-hydroxylation sites is 3. The number of ether oxygens (including phenoxy) is 2. The first-order chi connectivity index (χ1) is 15.1. The van der Waals surface area contributed by atoms with Crippen molar-refractivity contribution >= 4 is 11.0 Å². The summed E-state index contributed by atoms with van der Waals surface area (Å²) < 4.78 is 13.7. The van der Waals surface area contributed by atoms with Gasteiger partial charge in [-0.15, -0.1) is 0 Å². The van der Waals surface area contributed by atoms with E-state index in [0.717, 1.165) is 28.4 Å². The summed E-state index contributed by atoms with van der Waals surface area (Å²) in [5.74, 6) is 2.79. The lowest BCUT2D eigenvalue weighted by Crippen LogP contribution is -2.25. The number of fused-ring (bicyclic) bond motifs is 1. The first-order valence-corrected chi connectivity index (χ1v) is 10.6. The summed E-state index contributed by atoms with van der Waals surface area (Å²) in [6.07, 6.45) is -0.683. The van der Waals surface area contributed by atoms with Crippen LogP contribution in [-0.4, -0.2) is 27.4 Å². The van der Waals surface area contributed by atoms with Gasteiger partial charge < -0.3 is 19.1 Å². The van der Waals surface area contributed by atoms with Gasteiger partial charge >= 0.3 is 0 Å². The molecule has 0 aliphatic heterocycles. The molecule has 1 unspecified atom stereocenters. The van der Waals surface area contributed by atoms with Gasteiger partial charge in [-0.05, 0) is 47.9 Å². The fraction of sp³-hybridized carbons (Fsp3) is 0.269. The lowest BCUT2D eigenvalue weighted by molar-refractivity contribution is 0.0917. The second-order valence-electron chi connectivity index (χ2n) is 7.92. The third-order valence-corrected chi connectivity index (χ3v) is 5.23. The molecule has 0 radical (unpaired) electrons. The number of hydrogen-bond acceptors (Lipinski definition) is 4. The fourth-order valence-electron chi connectivity index (χ4n) is 3.51. The summed E-state index contributed by atoms with van der Waals surface area (Å²) in [4.78, 5) is 4.71. The molecule has 0 bridgehead atoms. The molecule has 0 fully saturated rings. The van der Waals surface area contributed by atoms with Crippen molar-refractivity contribution in [1.29, 1.82) is 0 Å². The fourth-order valence-corrected chi connectivity index (χ4v) is 3.51. The van der Waals surface area contributed by atoms with Crippen LogP contribution in [0.5, 0.6) is 11.5 Å². The van der Waals surface area contributed by atoms with Crippen molar-refractivity contribution in [1.82, 2.24) is 9.55 Å². The molecule has 1 N–H and O–H groups in total. The molecule has 0 amide bonds. The Hall–Kier alpha value is -3.31. The molecule has 4 rings (SSSR count). The Kier molecular flexibility index (Phi) is 6.53. The van der Waals surface area contributed by atoms with E-state index < -0.39 is 6.10 Å². The molecule has 0 spiro atoms. The predicted octanol–water partition coefficient (Wildman–Crippen LogP) is 5.18. The number of nitrogens with zero attached hydrogens (tertiary/aromatic N) is 2. The Bertz CT molecular complexity index is 1100. The number of hydrogen-bond donors (Lipinski definition) is 1. The summed E-state index contributed by atoms with van der Waals surface area (Å²) in [5.41, 5.74) is 3.11. The maximum atomic E-state index is 10.7. The van der Waals surface area contributed by atoms with Gasteiger partial charge in [-0.2, -0.15) is 0 Å². The van der Waals surface area contributed by atoms with Crippen molar-refractivity contribution < 1.29 is 14.6 Å². The third-order valence-electron chi connectivity index (χ3n) is 5.23. The summed E-state index contributed by atoms with van der Waals surface area (Å²) in [7, 11) is 0. The van der Waals surface area contributed by atoms with Crippen molar-refractivity contribution in [3.63, 3.8) is 0 Å². The highest BCUT2D eigenvalue weighted by atomic mass is 16.5. The van der Waals surface area contributed by atoms with E-state index in [1.54, 1.807) is 0 Å². The van der Waals surface area contributed by atoms with Crippen molar-refractivity contribution in [3.05, 3.63) is 90.3 Å². The van der Waals surface area contributed by atoms with Crippen LogP contribution in [0.2, 0.25) is 0 Å². The lowest BCUT2D eigenvalue weighted by Gasteiger charge is -2.16. The Balaban J connectivity index is 1.44. The number of benzene rings is 3. The van der Waals surface area contributed by atoms with Crippen LogP contribution in [0.25, 0.3) is 11.0 Å². The van der Waals surface area contributed by atoms with Crippen LogP contribution in [0.3, 0.4) is 0 Å². The molecule has 5 nitrogen and oxygen atoms in total. The molecule has 5 heteroatoms. The Labute approximate surface area is 182 Å². The molecule has 0 aliphatic carbocycles. The van der Waals surface area contributed by atoms with E-state index >= 15 is 0 Å². The SMILES string of the molecule is CC(C)c1ccc(OCC(O)Cn2c(COc3ccccc3)nc3ccccc32)cc1. The smallest absolute Gasteiger partial charge is 0.148 e. The summed E-state index contributed by atoms with van der Waals surface area (Å²) in [6.45, 7) is 5.22. The predicted molar refractivity (Wildman–Crippen MR) is 123 cm³/mol. The second kappa shape index (κ2) is 9.67. The Morgan fingerprint density at radius 2 is 1.52 bits per heavy atom. The highest BCUT2D eigenvalue weighted by molar-refractivity contribution is 5.75. The molecule has 4 aromatic rings. The normalized spacial score (nSPS) is 12.3. The molecule has 0 saturated heterocycles. The van der Waals surface area contributed by atoms with Crippen LogP contribution in [0.15, 0.2) is 78.9 Å². The van der Waals surface area contributed by atoms with E-state index in [1.807, 2.05) is 71.3 Å². The molecular weight excluding hydrogens is 388 g/mol. The minimum Gasteiger partial charge on any atom is -0.491 e. The molecule has 3 aromatic carbocycles. The molecule has 1 atom stereocenters. The van der Waals surface area contributed by atoms with Crippen LogP contribution in [0.1, 0.15) is 31.2 Å². The van der Waals surface area contributed by atoms with Gasteiger partial charge in [0.2, 0.25) is 0 Å². The average molecular weight is 417 g/mol. The first-order valence-electron chi connectivity index (χ1n) is 10.6. The summed E-state index contributed by atoms with van der Waals surface area (Å²) in [5, 5.41) is 10.7. The minimum absolute atomic E-state index is 0.201. The van der Waals surface area contributed by atoms with Gasteiger partial charge in [0.15, 0.2) is 0 Å². The summed E-state index contributed by atoms with van der Waals surface area (Å²) >= 11 is 0. The Morgan fingerprint density at radius 1 is 0.839 bits per heavy atom. The van der Waals surface area contributed by atoms with Gasteiger partial charge in [-0.25, -0.2) is 4.98 Å². The summed E-state index contributed by atoms with van der Waals surface area (Å²) in [6, 6.07) is 25.6. The molecular formula is C26H28N2O3. The molecule has 1 heterocycles. The van der Waals surface area contributed by atoms with Crippen LogP contribution in [0, 0.1) is 0 Å². The van der Waals surface area contributed by atoms with Gasteiger partial charge in [-0.3, -0.25) is 0 Å². The zero-order chi connectivity index (χ0) is 21.6. The van der Waals surface area contributed by atoms with E-state index in [1.165, 1.54) is 5.56 Å². The highest BCUT2D eigenvalue weighted by Crippen LogP contribution is 2.21. The van der Waals surface area contributed by atoms with Gasteiger partial charge in [0.05, 0.1) is 17.6 Å². The zero-order valence-corrected chi connectivity index (χ0v) is 17.9. The molecule has 0 saturated carbocycles. The minimum atomic E-state index is -0.683. The van der Waals surface area contributed by atoms with Gasteiger partial charge in [0.1, 0.15) is 36.6 Å². The van der Waals surface area contributed by atoms with E-state index in [9.17, 15) is 5.11 Å². The highest BCUT2D eigenvalue weighted by Gasteiger charge is 2.15. The maximum absolute atomic E-state index is 10.7. The molecule has 31 heavy (non-hydrogen) atoms. The van der Waals surface area contributed by atoms with E-state index in [2.05, 4.69) is 26.0 Å². The lowest BCUT2D eigenvalue weighted by atomic mass is 10.0. The largest absolute Gasteiger partial charge is 0.491 e. The number of aliphatic hydroxyl groups excluding tert-OH is 1. The standard InChI is InChI=1S/C26H28N2O3/c1-19(2)20-12-14-23(15-13-20)30-17-21(29)16-28-25-11-7-6-10-24(25)27-26(28)18-31-22-8-4-3-5-9-22/h3-15,19,21,29H,16-18H2,1-2H3. The third kappa shape index (κ3) is 5.25. The van der Waals surface area contributed by atoms with Crippen LogP contribution >= 0.6 is 0 Å². The van der Waals surface area contributed by atoms with Crippen LogP contribution in [0.4, 0.5) is 0 Å². The van der Waals surface area contributed by atoms with Crippen LogP contribution in [-0.2, 0) is 13.2 Å². The molecule has 1 aromatic heterocycles. The van der Waals surface area contributed by atoms with Crippen molar-refractivity contribution in [2.75, 3.05) is 6.61 Å². The second-order valence-corrected chi connectivity index (χ2v) is 7.92. The zero-order valence-electron chi connectivity index (χ0n) is 17.9. The van der Waals surface area contributed by atoms with E-state index in [0.29, 0.717) is 19.1 Å². The number of aromatic nitrogens is 2. The van der Waals surface area contributed by atoms with Crippen molar-refractivity contribution in [3.8, 4) is 11.5 Å². The maximum Gasteiger partial charge on any atom is 0.148 e. The molecule has 160 valence electrons. The van der Waals surface area contributed by atoms with Gasteiger partial charge in [0, 0.05) is 0 Å². The van der Waals surface area contributed by atoms with Gasteiger partial charge in [0.25, 0.3) is 0 Å².